The van der Waals surface area contributed by atoms with Crippen LogP contribution in [0.25, 0.3) is 0 Å². The molecule has 0 fully saturated rings. The molecule has 0 aliphatic rings. The minimum absolute atomic E-state index is 0.0639. The molecule has 0 spiro atoms. The van der Waals surface area contributed by atoms with E-state index in [1.807, 2.05) is 0 Å². The Labute approximate surface area is 355 Å². The Morgan fingerprint density at radius 3 is 0.860 bits per heavy atom. The second kappa shape index (κ2) is 45.5. The van der Waals surface area contributed by atoms with E-state index in [1.165, 1.54) is 173 Å². The average molecular weight is 807 g/mol. The maximum Gasteiger partial charge on any atom is 0.306 e. The lowest BCUT2D eigenvalue weighted by atomic mass is 10.0. The van der Waals surface area contributed by atoms with Crippen molar-refractivity contribution in [3.05, 3.63) is 0 Å². The van der Waals surface area contributed by atoms with E-state index in [0.29, 0.717) is 19.3 Å². The third kappa shape index (κ3) is 45.3. The topological polar surface area (TPSA) is 78.9 Å². The molecule has 0 N–H and O–H groups in total. The Balaban J connectivity index is 4.11. The first-order valence-corrected chi connectivity index (χ1v) is 25.4. The smallest absolute Gasteiger partial charge is 0.306 e. The van der Waals surface area contributed by atoms with Crippen LogP contribution in [0.3, 0.4) is 0 Å². The Bertz CT molecular complexity index is 857. The number of ether oxygens (including phenoxy) is 3. The van der Waals surface area contributed by atoms with E-state index in [4.69, 9.17) is 14.2 Å². The van der Waals surface area contributed by atoms with Crippen molar-refractivity contribution in [2.24, 2.45) is 5.92 Å². The SMILES string of the molecule is CCCCCCCCCCCCCCCCCCCC(=O)OC[C@H](COC(=O)CCCCCCC)OC(=O)CCCCCCCCCCCCCCCCC(C)C. The summed E-state index contributed by atoms with van der Waals surface area (Å²) in [6.45, 7) is 8.96. The summed E-state index contributed by atoms with van der Waals surface area (Å²) in [6.07, 6.45) is 46.9. The summed E-state index contributed by atoms with van der Waals surface area (Å²) >= 11 is 0. The van der Waals surface area contributed by atoms with Gasteiger partial charge in [-0.05, 0) is 25.2 Å². The third-order valence-corrected chi connectivity index (χ3v) is 11.5. The van der Waals surface area contributed by atoms with Gasteiger partial charge in [0.15, 0.2) is 6.10 Å². The molecule has 0 rings (SSSR count). The first kappa shape index (κ1) is 55.4. The number of carbonyl (C=O) groups is 3. The van der Waals surface area contributed by atoms with Gasteiger partial charge in [-0.2, -0.15) is 0 Å². The van der Waals surface area contributed by atoms with Gasteiger partial charge in [-0.25, -0.2) is 0 Å². The van der Waals surface area contributed by atoms with Crippen molar-refractivity contribution < 1.29 is 28.6 Å². The van der Waals surface area contributed by atoms with Gasteiger partial charge in [0.2, 0.25) is 0 Å². The number of unbranched alkanes of at least 4 members (excludes halogenated alkanes) is 33. The summed E-state index contributed by atoms with van der Waals surface area (Å²) in [6, 6.07) is 0. The van der Waals surface area contributed by atoms with E-state index in [1.54, 1.807) is 0 Å². The van der Waals surface area contributed by atoms with Gasteiger partial charge in [0.1, 0.15) is 13.2 Å². The third-order valence-electron chi connectivity index (χ3n) is 11.5. The minimum Gasteiger partial charge on any atom is -0.462 e. The summed E-state index contributed by atoms with van der Waals surface area (Å²) in [5.41, 5.74) is 0. The van der Waals surface area contributed by atoms with Crippen LogP contribution < -0.4 is 0 Å². The molecule has 0 saturated heterocycles. The van der Waals surface area contributed by atoms with Crippen LogP contribution in [-0.2, 0) is 28.6 Å². The van der Waals surface area contributed by atoms with Gasteiger partial charge in [-0.15, -0.1) is 0 Å². The molecule has 0 amide bonds. The van der Waals surface area contributed by atoms with Gasteiger partial charge in [0.05, 0.1) is 0 Å². The fraction of sp³-hybridized carbons (Fsp3) is 0.941. The summed E-state index contributed by atoms with van der Waals surface area (Å²) in [5.74, 6) is -0.0168. The van der Waals surface area contributed by atoms with Crippen LogP contribution in [0.1, 0.15) is 285 Å². The van der Waals surface area contributed by atoms with E-state index in [0.717, 1.165) is 70.1 Å². The number of carbonyl (C=O) groups excluding carboxylic acids is 3. The minimum atomic E-state index is -0.758. The predicted molar refractivity (Wildman–Crippen MR) is 243 cm³/mol. The average Bonchev–Trinajstić information content (AvgIpc) is 3.19. The van der Waals surface area contributed by atoms with Gasteiger partial charge in [0.25, 0.3) is 0 Å². The van der Waals surface area contributed by atoms with Crippen molar-refractivity contribution in [1.82, 2.24) is 0 Å². The first-order chi connectivity index (χ1) is 27.9. The van der Waals surface area contributed by atoms with Crippen LogP contribution in [0.4, 0.5) is 0 Å². The molecule has 0 radical (unpaired) electrons. The fourth-order valence-electron chi connectivity index (χ4n) is 7.69. The van der Waals surface area contributed by atoms with Gasteiger partial charge in [-0.1, -0.05) is 246 Å². The molecule has 6 heteroatoms. The lowest BCUT2D eigenvalue weighted by Gasteiger charge is -2.18. The molecule has 0 saturated carbocycles. The molecule has 0 aliphatic carbocycles. The zero-order valence-corrected chi connectivity index (χ0v) is 38.8. The van der Waals surface area contributed by atoms with E-state index in [9.17, 15) is 14.4 Å². The summed E-state index contributed by atoms with van der Waals surface area (Å²) in [7, 11) is 0. The van der Waals surface area contributed by atoms with Gasteiger partial charge < -0.3 is 14.2 Å². The fourth-order valence-corrected chi connectivity index (χ4v) is 7.69. The molecule has 0 heterocycles. The van der Waals surface area contributed by atoms with Crippen LogP contribution in [0.5, 0.6) is 0 Å². The Morgan fingerprint density at radius 2 is 0.579 bits per heavy atom. The number of esters is 3. The summed E-state index contributed by atoms with van der Waals surface area (Å²) in [5, 5.41) is 0. The van der Waals surface area contributed by atoms with Crippen molar-refractivity contribution in [3.63, 3.8) is 0 Å². The number of rotatable bonds is 46. The lowest BCUT2D eigenvalue weighted by Crippen LogP contribution is -2.30. The quantitative estimate of drug-likeness (QED) is 0.0346. The molecule has 0 aliphatic heterocycles. The second-order valence-electron chi connectivity index (χ2n) is 17.9. The van der Waals surface area contributed by atoms with Gasteiger partial charge in [-0.3, -0.25) is 14.4 Å². The highest BCUT2D eigenvalue weighted by atomic mass is 16.6. The molecule has 338 valence electrons. The zero-order valence-electron chi connectivity index (χ0n) is 38.8. The van der Waals surface area contributed by atoms with Crippen molar-refractivity contribution in [3.8, 4) is 0 Å². The molecular weight excluding hydrogens is 709 g/mol. The molecule has 0 unspecified atom stereocenters. The molecule has 0 aromatic rings. The highest BCUT2D eigenvalue weighted by molar-refractivity contribution is 5.71. The molecule has 57 heavy (non-hydrogen) atoms. The predicted octanol–water partition coefficient (Wildman–Crippen LogP) is 16.3. The van der Waals surface area contributed by atoms with Crippen molar-refractivity contribution >= 4 is 17.9 Å². The number of hydrogen-bond acceptors (Lipinski definition) is 6. The Hall–Kier alpha value is -1.59. The number of hydrogen-bond donors (Lipinski definition) is 0. The second-order valence-corrected chi connectivity index (χ2v) is 17.9. The summed E-state index contributed by atoms with van der Waals surface area (Å²) < 4.78 is 16.7. The lowest BCUT2D eigenvalue weighted by molar-refractivity contribution is -0.167. The zero-order chi connectivity index (χ0) is 41.7. The molecule has 0 aromatic carbocycles. The van der Waals surface area contributed by atoms with Crippen molar-refractivity contribution in [2.45, 2.75) is 291 Å². The largest absolute Gasteiger partial charge is 0.462 e. The van der Waals surface area contributed by atoms with Crippen LogP contribution in [0.15, 0.2) is 0 Å². The summed E-state index contributed by atoms with van der Waals surface area (Å²) in [4.78, 5) is 37.6. The van der Waals surface area contributed by atoms with E-state index >= 15 is 0 Å². The monoisotopic (exact) mass is 807 g/mol. The maximum atomic E-state index is 12.7. The highest BCUT2D eigenvalue weighted by Crippen LogP contribution is 2.17. The van der Waals surface area contributed by atoms with Crippen LogP contribution >= 0.6 is 0 Å². The molecule has 0 aromatic heterocycles. The molecule has 1 atom stereocenters. The van der Waals surface area contributed by atoms with Gasteiger partial charge >= 0.3 is 17.9 Å². The van der Waals surface area contributed by atoms with Crippen molar-refractivity contribution in [1.29, 1.82) is 0 Å². The van der Waals surface area contributed by atoms with E-state index in [-0.39, 0.29) is 31.1 Å². The molecular formula is C51H98O6. The standard InChI is InChI=1S/C51H98O6/c1-5-7-9-11-12-13-14-15-16-17-18-22-25-28-31-35-39-43-50(53)56-46-48(45-55-49(52)42-38-33-10-8-6-2)57-51(54)44-40-36-32-29-26-23-20-19-21-24-27-30-34-37-41-47(3)4/h47-48H,5-46H2,1-4H3/t48-/m0/s1. The molecule has 6 nitrogen and oxygen atoms in total. The normalized spacial score (nSPS) is 11.9. The maximum absolute atomic E-state index is 12.7. The van der Waals surface area contributed by atoms with Crippen LogP contribution in [-0.4, -0.2) is 37.2 Å². The first-order valence-electron chi connectivity index (χ1n) is 25.4. The van der Waals surface area contributed by atoms with Crippen molar-refractivity contribution in [2.75, 3.05) is 13.2 Å². The Kier molecular flexibility index (Phi) is 44.2. The highest BCUT2D eigenvalue weighted by Gasteiger charge is 2.19. The molecule has 0 bridgehead atoms. The Morgan fingerprint density at radius 1 is 0.333 bits per heavy atom. The van der Waals surface area contributed by atoms with Crippen LogP contribution in [0.2, 0.25) is 0 Å². The van der Waals surface area contributed by atoms with E-state index in [2.05, 4.69) is 27.7 Å². The van der Waals surface area contributed by atoms with E-state index < -0.39 is 6.10 Å². The van der Waals surface area contributed by atoms with Crippen LogP contribution in [0, 0.1) is 5.92 Å². The van der Waals surface area contributed by atoms with Gasteiger partial charge in [0, 0.05) is 19.3 Å².